The van der Waals surface area contributed by atoms with Crippen molar-refractivity contribution < 1.29 is 14.5 Å². The van der Waals surface area contributed by atoms with Crippen LogP contribution >= 0.6 is 0 Å². The fourth-order valence-electron chi connectivity index (χ4n) is 3.56. The van der Waals surface area contributed by atoms with Crippen LogP contribution in [0.3, 0.4) is 0 Å². The number of anilines is 1. The van der Waals surface area contributed by atoms with Crippen LogP contribution in [-0.2, 0) is 0 Å². The lowest BCUT2D eigenvalue weighted by atomic mass is 10.1. The first kappa shape index (κ1) is 22.7. The second-order valence-electron chi connectivity index (χ2n) is 8.27. The molecule has 0 atom stereocenters. The highest BCUT2D eigenvalue weighted by molar-refractivity contribution is 6.03. The van der Waals surface area contributed by atoms with E-state index in [-0.39, 0.29) is 22.8 Å². The summed E-state index contributed by atoms with van der Waals surface area (Å²) in [6.07, 6.45) is 0. The summed E-state index contributed by atoms with van der Waals surface area (Å²) < 4.78 is 5.99. The minimum absolute atomic E-state index is 0.195. The molecular weight excluding hydrogens is 432 g/mol. The Labute approximate surface area is 196 Å². The quantitative estimate of drug-likeness (QED) is 0.263. The van der Waals surface area contributed by atoms with Gasteiger partial charge in [0, 0.05) is 17.7 Å². The van der Waals surface area contributed by atoms with Gasteiger partial charge in [0.2, 0.25) is 0 Å². The molecule has 8 heteroatoms. The second-order valence-corrected chi connectivity index (χ2v) is 8.27. The molecule has 0 spiro atoms. The number of hydrogen-bond acceptors (Lipinski definition) is 5. The first-order valence-electron chi connectivity index (χ1n) is 10.7. The number of benzene rings is 3. The van der Waals surface area contributed by atoms with Gasteiger partial charge in [0.1, 0.15) is 17.2 Å². The summed E-state index contributed by atoms with van der Waals surface area (Å²) in [4.78, 5) is 23.8. The van der Waals surface area contributed by atoms with Crippen LogP contribution in [0.25, 0.3) is 11.3 Å². The number of nitrogens with zero attached hydrogens (tertiary/aromatic N) is 2. The third-order valence-electron chi connectivity index (χ3n) is 5.52. The van der Waals surface area contributed by atoms with E-state index in [9.17, 15) is 14.9 Å². The molecule has 1 heterocycles. The Kier molecular flexibility index (Phi) is 6.14. The molecule has 0 fully saturated rings. The molecular formula is C26H24N4O4. The zero-order valence-corrected chi connectivity index (χ0v) is 19.3. The fourth-order valence-corrected chi connectivity index (χ4v) is 3.56. The second kappa shape index (κ2) is 9.19. The number of aryl methyl sites for hydroxylation is 3. The van der Waals surface area contributed by atoms with Crippen molar-refractivity contribution in [1.29, 1.82) is 0 Å². The lowest BCUT2D eigenvalue weighted by Gasteiger charge is -2.13. The number of carbonyl (C=O) groups excluding carboxylic acids is 1. The molecule has 0 radical (unpaired) electrons. The van der Waals surface area contributed by atoms with Gasteiger partial charge in [-0.05, 0) is 56.5 Å². The predicted molar refractivity (Wildman–Crippen MR) is 131 cm³/mol. The standard InChI is InChI=1S/C26H24N4O4/c1-15-5-7-19(8-6-15)23-14-24(29-28-23)26(31)27-20-11-21(30(32)33)13-22(12-20)34-25-10-16(2)9-17(3)18(25)4/h5-14H,1-4H3,(H,27,31)(H,28,29). The van der Waals surface area contributed by atoms with Crippen LogP contribution in [0.5, 0.6) is 11.5 Å². The van der Waals surface area contributed by atoms with Gasteiger partial charge in [0.25, 0.3) is 11.6 Å². The smallest absolute Gasteiger partial charge is 0.275 e. The van der Waals surface area contributed by atoms with Crippen molar-refractivity contribution in [1.82, 2.24) is 10.2 Å². The number of amides is 1. The SMILES string of the molecule is Cc1ccc(-c2cc(C(=O)Nc3cc(Oc4cc(C)cc(C)c4C)cc([N+](=O)[O-])c3)[nH]n2)cc1. The summed E-state index contributed by atoms with van der Waals surface area (Å²) in [7, 11) is 0. The van der Waals surface area contributed by atoms with Gasteiger partial charge in [0.05, 0.1) is 22.4 Å². The molecule has 0 saturated carbocycles. The zero-order chi connectivity index (χ0) is 24.4. The number of non-ortho nitro benzene ring substituents is 1. The van der Waals surface area contributed by atoms with E-state index in [1.807, 2.05) is 64.1 Å². The van der Waals surface area contributed by atoms with Crippen LogP contribution in [0.2, 0.25) is 0 Å². The molecule has 2 N–H and O–H groups in total. The van der Waals surface area contributed by atoms with Crippen molar-refractivity contribution in [2.24, 2.45) is 0 Å². The third-order valence-corrected chi connectivity index (χ3v) is 5.52. The molecule has 34 heavy (non-hydrogen) atoms. The Morgan fingerprint density at radius 1 is 0.971 bits per heavy atom. The van der Waals surface area contributed by atoms with Crippen molar-refractivity contribution >= 4 is 17.3 Å². The largest absolute Gasteiger partial charge is 0.457 e. The average molecular weight is 457 g/mol. The van der Waals surface area contributed by atoms with Gasteiger partial charge >= 0.3 is 0 Å². The van der Waals surface area contributed by atoms with Crippen LogP contribution < -0.4 is 10.1 Å². The molecule has 0 unspecified atom stereocenters. The van der Waals surface area contributed by atoms with E-state index in [1.165, 1.54) is 12.1 Å². The van der Waals surface area contributed by atoms with Crippen molar-refractivity contribution in [3.63, 3.8) is 0 Å². The molecule has 0 aliphatic carbocycles. The highest BCUT2D eigenvalue weighted by Crippen LogP contribution is 2.33. The van der Waals surface area contributed by atoms with E-state index >= 15 is 0 Å². The van der Waals surface area contributed by atoms with E-state index in [2.05, 4.69) is 15.5 Å². The van der Waals surface area contributed by atoms with Gasteiger partial charge in [-0.2, -0.15) is 5.10 Å². The van der Waals surface area contributed by atoms with Gasteiger partial charge in [0.15, 0.2) is 0 Å². The maximum atomic E-state index is 12.8. The van der Waals surface area contributed by atoms with E-state index in [0.29, 0.717) is 11.4 Å². The van der Waals surface area contributed by atoms with E-state index in [1.54, 1.807) is 12.1 Å². The molecule has 0 aliphatic rings. The number of rotatable bonds is 6. The van der Waals surface area contributed by atoms with Crippen molar-refractivity contribution in [2.45, 2.75) is 27.7 Å². The number of nitro groups is 1. The average Bonchev–Trinajstić information content (AvgIpc) is 3.28. The van der Waals surface area contributed by atoms with Crippen molar-refractivity contribution in [3.05, 3.63) is 98.7 Å². The summed E-state index contributed by atoms with van der Waals surface area (Å²) >= 11 is 0. The molecule has 4 rings (SSSR count). The van der Waals surface area contributed by atoms with Gasteiger partial charge < -0.3 is 10.1 Å². The summed E-state index contributed by atoms with van der Waals surface area (Å²) in [6, 6.07) is 17.5. The molecule has 1 amide bonds. The number of aromatic nitrogens is 2. The number of carbonyl (C=O) groups is 1. The minimum atomic E-state index is -0.525. The molecule has 1 aromatic heterocycles. The number of nitro benzene ring substituents is 1. The van der Waals surface area contributed by atoms with E-state index in [0.717, 1.165) is 27.8 Å². The molecule has 0 aliphatic heterocycles. The van der Waals surface area contributed by atoms with E-state index < -0.39 is 10.8 Å². The van der Waals surface area contributed by atoms with Gasteiger partial charge in [-0.3, -0.25) is 20.0 Å². The first-order chi connectivity index (χ1) is 16.2. The first-order valence-corrected chi connectivity index (χ1v) is 10.7. The highest BCUT2D eigenvalue weighted by atomic mass is 16.6. The molecule has 3 aromatic carbocycles. The summed E-state index contributed by atoms with van der Waals surface area (Å²) in [6.45, 7) is 7.84. The lowest BCUT2D eigenvalue weighted by Crippen LogP contribution is -2.12. The number of hydrogen-bond donors (Lipinski definition) is 2. The maximum absolute atomic E-state index is 12.8. The van der Waals surface area contributed by atoms with Crippen molar-refractivity contribution in [2.75, 3.05) is 5.32 Å². The normalized spacial score (nSPS) is 10.7. The van der Waals surface area contributed by atoms with Crippen LogP contribution in [0, 0.1) is 37.8 Å². The summed E-state index contributed by atoms with van der Waals surface area (Å²) in [5.41, 5.74) is 5.89. The molecule has 4 aromatic rings. The third kappa shape index (κ3) is 4.96. The Morgan fingerprint density at radius 2 is 1.71 bits per heavy atom. The number of nitrogens with one attached hydrogen (secondary N) is 2. The maximum Gasteiger partial charge on any atom is 0.275 e. The Hall–Kier alpha value is -4.46. The summed E-state index contributed by atoms with van der Waals surface area (Å²) in [5.74, 6) is 0.383. The number of H-pyrrole nitrogens is 1. The molecule has 0 saturated heterocycles. The van der Waals surface area contributed by atoms with Crippen LogP contribution in [0.1, 0.15) is 32.7 Å². The lowest BCUT2D eigenvalue weighted by molar-refractivity contribution is -0.384. The Bertz CT molecular complexity index is 1390. The zero-order valence-electron chi connectivity index (χ0n) is 19.3. The van der Waals surface area contributed by atoms with Crippen LogP contribution in [0.4, 0.5) is 11.4 Å². The number of ether oxygens (including phenoxy) is 1. The monoisotopic (exact) mass is 456 g/mol. The topological polar surface area (TPSA) is 110 Å². The van der Waals surface area contributed by atoms with Crippen LogP contribution in [-0.4, -0.2) is 21.0 Å². The Morgan fingerprint density at radius 3 is 2.41 bits per heavy atom. The van der Waals surface area contributed by atoms with Crippen molar-refractivity contribution in [3.8, 4) is 22.8 Å². The highest BCUT2D eigenvalue weighted by Gasteiger charge is 2.16. The molecule has 8 nitrogen and oxygen atoms in total. The van der Waals surface area contributed by atoms with Gasteiger partial charge in [-0.1, -0.05) is 35.9 Å². The molecule has 0 bridgehead atoms. The predicted octanol–water partition coefficient (Wildman–Crippen LogP) is 6.26. The Balaban J connectivity index is 1.59. The fraction of sp³-hybridized carbons (Fsp3) is 0.154. The number of aromatic amines is 1. The van der Waals surface area contributed by atoms with E-state index in [4.69, 9.17) is 4.74 Å². The van der Waals surface area contributed by atoms with Gasteiger partial charge in [-0.15, -0.1) is 0 Å². The van der Waals surface area contributed by atoms with Crippen LogP contribution in [0.15, 0.2) is 60.7 Å². The molecule has 172 valence electrons. The summed E-state index contributed by atoms with van der Waals surface area (Å²) in [5, 5.41) is 21.1. The van der Waals surface area contributed by atoms with Gasteiger partial charge in [-0.25, -0.2) is 0 Å². The minimum Gasteiger partial charge on any atom is -0.457 e.